The van der Waals surface area contributed by atoms with Gasteiger partial charge in [0.05, 0.1) is 12.1 Å². The summed E-state index contributed by atoms with van der Waals surface area (Å²) in [6.07, 6.45) is 1.78. The summed E-state index contributed by atoms with van der Waals surface area (Å²) < 4.78 is 4.87. The van der Waals surface area contributed by atoms with E-state index >= 15 is 0 Å². The number of aromatic amines is 1. The Kier molecular flexibility index (Phi) is 2.79. The number of carbonyl (C=O) groups excluding carboxylic acids is 1. The van der Waals surface area contributed by atoms with Gasteiger partial charge in [0.2, 0.25) is 0 Å². The van der Waals surface area contributed by atoms with Gasteiger partial charge in [-0.05, 0) is 25.5 Å². The van der Waals surface area contributed by atoms with Crippen molar-refractivity contribution in [3.05, 3.63) is 29.2 Å². The molecule has 0 unspecified atom stereocenters. The molecule has 0 amide bonds. The average Bonchev–Trinajstić information content (AvgIpc) is 2.70. The van der Waals surface area contributed by atoms with Crippen molar-refractivity contribution in [3.63, 3.8) is 0 Å². The van der Waals surface area contributed by atoms with Gasteiger partial charge in [-0.25, -0.2) is 9.78 Å². The molecule has 2 rings (SSSR count). The quantitative estimate of drug-likeness (QED) is 0.798. The molecule has 2 aromatic rings. The number of ether oxygens (including phenoxy) is 1. The number of carbonyl (C=O) groups is 1. The summed E-state index contributed by atoms with van der Waals surface area (Å²) in [7, 11) is 0. The molecule has 5 heteroatoms. The Labute approximate surface area is 98.0 Å². The maximum absolute atomic E-state index is 11.6. The molecule has 0 aliphatic carbocycles. The van der Waals surface area contributed by atoms with Crippen LogP contribution in [0.4, 0.5) is 0 Å². The van der Waals surface area contributed by atoms with Crippen molar-refractivity contribution in [1.82, 2.24) is 9.97 Å². The summed E-state index contributed by atoms with van der Waals surface area (Å²) in [5.41, 5.74) is 1.99. The van der Waals surface area contributed by atoms with Crippen molar-refractivity contribution in [3.8, 4) is 6.07 Å². The highest BCUT2D eigenvalue weighted by Crippen LogP contribution is 2.21. The molecule has 17 heavy (non-hydrogen) atoms. The van der Waals surface area contributed by atoms with E-state index in [1.165, 1.54) is 0 Å². The van der Waals surface area contributed by atoms with E-state index in [1.807, 2.05) is 13.0 Å². The molecule has 0 spiro atoms. The van der Waals surface area contributed by atoms with Gasteiger partial charge in [0.25, 0.3) is 0 Å². The van der Waals surface area contributed by atoms with E-state index in [0.717, 1.165) is 10.9 Å². The van der Waals surface area contributed by atoms with Crippen LogP contribution < -0.4 is 0 Å². The van der Waals surface area contributed by atoms with Crippen LogP contribution in [0.3, 0.4) is 0 Å². The van der Waals surface area contributed by atoms with Crippen LogP contribution in [0.2, 0.25) is 0 Å². The van der Waals surface area contributed by atoms with Crippen molar-refractivity contribution in [2.24, 2.45) is 0 Å². The summed E-state index contributed by atoms with van der Waals surface area (Å²) in [6.45, 7) is 3.91. The Hall–Kier alpha value is -2.35. The fraction of sp³-hybridized carbons (Fsp3) is 0.250. The second-order valence-electron chi connectivity index (χ2n) is 3.58. The number of hydrogen-bond donors (Lipinski definition) is 1. The standard InChI is InChI=1S/C12H11N3O2/c1-3-17-12(16)9-4-8-7(2)6-14-11(8)10(5-13)15-9/h4,6,14H,3H2,1-2H3. The van der Waals surface area contributed by atoms with E-state index in [1.54, 1.807) is 19.2 Å². The van der Waals surface area contributed by atoms with Crippen LogP contribution in [0.1, 0.15) is 28.7 Å². The molecule has 2 heterocycles. The third-order valence-corrected chi connectivity index (χ3v) is 2.47. The lowest BCUT2D eigenvalue weighted by molar-refractivity contribution is 0.0519. The minimum Gasteiger partial charge on any atom is -0.461 e. The Morgan fingerprint density at radius 2 is 2.41 bits per heavy atom. The van der Waals surface area contributed by atoms with Crippen molar-refractivity contribution < 1.29 is 9.53 Å². The van der Waals surface area contributed by atoms with E-state index in [9.17, 15) is 4.79 Å². The Balaban J connectivity index is 2.63. The number of aromatic nitrogens is 2. The molecule has 0 saturated carbocycles. The van der Waals surface area contributed by atoms with E-state index in [4.69, 9.17) is 10.00 Å². The number of fused-ring (bicyclic) bond motifs is 1. The molecule has 0 radical (unpaired) electrons. The average molecular weight is 229 g/mol. The molecule has 0 bridgehead atoms. The molecule has 0 aromatic carbocycles. The Morgan fingerprint density at radius 3 is 3.06 bits per heavy atom. The summed E-state index contributed by atoms with van der Waals surface area (Å²) in [6, 6.07) is 3.61. The molecule has 86 valence electrons. The van der Waals surface area contributed by atoms with Gasteiger partial charge in [-0.1, -0.05) is 0 Å². The first-order valence-electron chi connectivity index (χ1n) is 5.23. The third kappa shape index (κ3) is 1.85. The summed E-state index contributed by atoms with van der Waals surface area (Å²) in [4.78, 5) is 18.5. The number of hydrogen-bond acceptors (Lipinski definition) is 4. The smallest absolute Gasteiger partial charge is 0.356 e. The zero-order chi connectivity index (χ0) is 12.4. The number of rotatable bonds is 2. The van der Waals surface area contributed by atoms with Gasteiger partial charge in [-0.3, -0.25) is 0 Å². The molecule has 0 atom stereocenters. The first-order valence-corrected chi connectivity index (χ1v) is 5.23. The van der Waals surface area contributed by atoms with Gasteiger partial charge in [-0.15, -0.1) is 0 Å². The van der Waals surface area contributed by atoms with Gasteiger partial charge in [0.15, 0.2) is 11.4 Å². The number of aryl methyl sites for hydroxylation is 1. The highest BCUT2D eigenvalue weighted by molar-refractivity contribution is 5.95. The van der Waals surface area contributed by atoms with Gasteiger partial charge < -0.3 is 9.72 Å². The van der Waals surface area contributed by atoms with E-state index in [2.05, 4.69) is 9.97 Å². The Morgan fingerprint density at radius 1 is 1.65 bits per heavy atom. The normalized spacial score (nSPS) is 10.2. The van der Waals surface area contributed by atoms with E-state index in [0.29, 0.717) is 5.52 Å². The van der Waals surface area contributed by atoms with Gasteiger partial charge in [0.1, 0.15) is 6.07 Å². The fourth-order valence-electron chi connectivity index (χ4n) is 1.65. The van der Waals surface area contributed by atoms with Crippen molar-refractivity contribution >= 4 is 16.9 Å². The molecule has 2 aromatic heterocycles. The van der Waals surface area contributed by atoms with E-state index < -0.39 is 5.97 Å². The van der Waals surface area contributed by atoms with Crippen LogP contribution in [0.25, 0.3) is 10.9 Å². The van der Waals surface area contributed by atoms with Crippen LogP contribution in [-0.2, 0) is 4.74 Å². The van der Waals surface area contributed by atoms with E-state index in [-0.39, 0.29) is 18.0 Å². The third-order valence-electron chi connectivity index (χ3n) is 2.47. The first-order chi connectivity index (χ1) is 8.17. The number of pyridine rings is 1. The zero-order valence-corrected chi connectivity index (χ0v) is 9.57. The summed E-state index contributed by atoms with van der Waals surface area (Å²) in [5, 5.41) is 9.82. The number of nitriles is 1. The lowest BCUT2D eigenvalue weighted by Gasteiger charge is -2.02. The second-order valence-corrected chi connectivity index (χ2v) is 3.58. The number of esters is 1. The molecule has 0 aliphatic heterocycles. The summed E-state index contributed by atoms with van der Waals surface area (Å²) >= 11 is 0. The molecule has 0 fully saturated rings. The fourth-order valence-corrected chi connectivity index (χ4v) is 1.65. The minimum absolute atomic E-state index is 0.165. The largest absolute Gasteiger partial charge is 0.461 e. The van der Waals surface area contributed by atoms with Crippen LogP contribution in [0.15, 0.2) is 12.3 Å². The maximum Gasteiger partial charge on any atom is 0.356 e. The highest BCUT2D eigenvalue weighted by atomic mass is 16.5. The second kappa shape index (κ2) is 4.26. The SMILES string of the molecule is CCOC(=O)c1cc2c(C)c[nH]c2c(C#N)n1. The van der Waals surface area contributed by atoms with Gasteiger partial charge in [-0.2, -0.15) is 5.26 Å². The van der Waals surface area contributed by atoms with Gasteiger partial charge >= 0.3 is 5.97 Å². The molecule has 0 saturated heterocycles. The Bertz CT molecular complexity index is 622. The predicted octanol–water partition coefficient (Wildman–Crippen LogP) is 1.92. The lowest BCUT2D eigenvalue weighted by Crippen LogP contribution is -2.08. The number of H-pyrrole nitrogens is 1. The predicted molar refractivity (Wildman–Crippen MR) is 61.5 cm³/mol. The van der Waals surface area contributed by atoms with Crippen LogP contribution >= 0.6 is 0 Å². The minimum atomic E-state index is -0.508. The zero-order valence-electron chi connectivity index (χ0n) is 9.57. The first kappa shape index (κ1) is 11.1. The lowest BCUT2D eigenvalue weighted by atomic mass is 10.1. The topological polar surface area (TPSA) is 78.8 Å². The maximum atomic E-state index is 11.6. The monoisotopic (exact) mass is 229 g/mol. The van der Waals surface area contributed by atoms with Crippen LogP contribution in [0, 0.1) is 18.3 Å². The highest BCUT2D eigenvalue weighted by Gasteiger charge is 2.14. The van der Waals surface area contributed by atoms with Crippen LogP contribution in [-0.4, -0.2) is 22.5 Å². The van der Waals surface area contributed by atoms with Crippen molar-refractivity contribution in [1.29, 1.82) is 5.26 Å². The number of nitrogens with one attached hydrogen (secondary N) is 1. The molecular weight excluding hydrogens is 218 g/mol. The molecule has 0 aliphatic rings. The van der Waals surface area contributed by atoms with Crippen molar-refractivity contribution in [2.75, 3.05) is 6.61 Å². The van der Waals surface area contributed by atoms with Crippen molar-refractivity contribution in [2.45, 2.75) is 13.8 Å². The van der Waals surface area contributed by atoms with Gasteiger partial charge in [0, 0.05) is 11.6 Å². The molecule has 5 nitrogen and oxygen atoms in total. The molecule has 1 N–H and O–H groups in total. The van der Waals surface area contributed by atoms with Crippen LogP contribution in [0.5, 0.6) is 0 Å². The summed E-state index contributed by atoms with van der Waals surface area (Å²) in [5.74, 6) is -0.508. The number of nitrogens with zero attached hydrogens (tertiary/aromatic N) is 2. The molecular formula is C12H11N3O2.